The van der Waals surface area contributed by atoms with E-state index in [1.165, 1.54) is 0 Å². The topological polar surface area (TPSA) is 55.1 Å². The lowest BCUT2D eigenvalue weighted by Crippen LogP contribution is -2.28. The molecule has 1 amide bonds. The predicted octanol–water partition coefficient (Wildman–Crippen LogP) is 3.20. The van der Waals surface area contributed by atoms with Crippen molar-refractivity contribution in [1.82, 2.24) is 5.32 Å². The summed E-state index contributed by atoms with van der Waals surface area (Å²) in [4.78, 5) is 11.9. The summed E-state index contributed by atoms with van der Waals surface area (Å²) in [6.07, 6.45) is 1.13. The second-order valence-corrected chi connectivity index (χ2v) is 5.87. The van der Waals surface area contributed by atoms with Crippen LogP contribution in [0.1, 0.15) is 23.6 Å². The van der Waals surface area contributed by atoms with Gasteiger partial charge < -0.3 is 11.1 Å². The summed E-state index contributed by atoms with van der Waals surface area (Å²) in [5, 5.41) is 2.92. The van der Waals surface area contributed by atoms with E-state index in [2.05, 4.69) is 21.2 Å². The highest BCUT2D eigenvalue weighted by molar-refractivity contribution is 9.10. The molecular formula is C17H19BrN2O. The molecule has 1 atom stereocenters. The smallest absolute Gasteiger partial charge is 0.224 e. The molecule has 0 aliphatic rings. The molecule has 0 saturated carbocycles. The van der Waals surface area contributed by atoms with Gasteiger partial charge in [-0.05, 0) is 29.7 Å². The van der Waals surface area contributed by atoms with Crippen molar-refractivity contribution in [3.05, 3.63) is 70.2 Å². The molecule has 0 heterocycles. The maximum atomic E-state index is 11.9. The summed E-state index contributed by atoms with van der Waals surface area (Å²) in [7, 11) is 0. The largest absolute Gasteiger partial charge is 0.356 e. The second kappa shape index (κ2) is 7.96. The Morgan fingerprint density at radius 3 is 2.43 bits per heavy atom. The average molecular weight is 347 g/mol. The standard InChI is InChI=1S/C17H19BrN2O/c18-15-8-6-13(7-9-15)12-17(21)20-11-10-16(19)14-4-2-1-3-5-14/h1-9,16H,10-12,19H2,(H,20,21). The molecule has 0 saturated heterocycles. The molecule has 0 aromatic heterocycles. The number of halogens is 1. The second-order valence-electron chi connectivity index (χ2n) is 4.96. The third-order valence-electron chi connectivity index (χ3n) is 3.28. The predicted molar refractivity (Wildman–Crippen MR) is 88.8 cm³/mol. The Labute approximate surface area is 133 Å². The Balaban J connectivity index is 1.73. The zero-order valence-electron chi connectivity index (χ0n) is 11.8. The van der Waals surface area contributed by atoms with Crippen molar-refractivity contribution in [3.63, 3.8) is 0 Å². The molecule has 0 fully saturated rings. The molecule has 110 valence electrons. The Morgan fingerprint density at radius 1 is 1.10 bits per heavy atom. The molecule has 0 spiro atoms. The highest BCUT2D eigenvalue weighted by Gasteiger charge is 2.07. The van der Waals surface area contributed by atoms with Gasteiger partial charge in [0.05, 0.1) is 6.42 Å². The van der Waals surface area contributed by atoms with Crippen LogP contribution in [0.3, 0.4) is 0 Å². The number of nitrogens with two attached hydrogens (primary N) is 1. The van der Waals surface area contributed by atoms with Gasteiger partial charge in [0.15, 0.2) is 0 Å². The normalized spacial score (nSPS) is 11.9. The molecule has 4 heteroatoms. The van der Waals surface area contributed by atoms with Crippen LogP contribution < -0.4 is 11.1 Å². The van der Waals surface area contributed by atoms with Crippen molar-refractivity contribution in [1.29, 1.82) is 0 Å². The zero-order valence-corrected chi connectivity index (χ0v) is 13.3. The summed E-state index contributed by atoms with van der Waals surface area (Å²) in [6.45, 7) is 0.589. The fraction of sp³-hybridized carbons (Fsp3) is 0.235. The Morgan fingerprint density at radius 2 is 1.76 bits per heavy atom. The summed E-state index contributed by atoms with van der Waals surface area (Å²) in [5.41, 5.74) is 8.19. The summed E-state index contributed by atoms with van der Waals surface area (Å²) >= 11 is 3.38. The van der Waals surface area contributed by atoms with Crippen LogP contribution in [-0.4, -0.2) is 12.5 Å². The number of amides is 1. The van der Waals surface area contributed by atoms with Gasteiger partial charge in [-0.1, -0.05) is 58.4 Å². The van der Waals surface area contributed by atoms with Crippen molar-refractivity contribution in [2.45, 2.75) is 18.9 Å². The van der Waals surface area contributed by atoms with E-state index in [1.807, 2.05) is 54.6 Å². The minimum absolute atomic E-state index is 0.0255. The highest BCUT2D eigenvalue weighted by Crippen LogP contribution is 2.13. The molecule has 2 aromatic carbocycles. The molecule has 3 nitrogen and oxygen atoms in total. The number of benzene rings is 2. The van der Waals surface area contributed by atoms with Crippen molar-refractivity contribution in [2.75, 3.05) is 6.54 Å². The molecule has 0 radical (unpaired) electrons. The lowest BCUT2D eigenvalue weighted by atomic mass is 10.0. The minimum Gasteiger partial charge on any atom is -0.356 e. The molecule has 0 aliphatic carbocycles. The molecule has 0 aliphatic heterocycles. The van der Waals surface area contributed by atoms with Gasteiger partial charge in [0.25, 0.3) is 0 Å². The van der Waals surface area contributed by atoms with E-state index in [9.17, 15) is 4.79 Å². The van der Waals surface area contributed by atoms with Gasteiger partial charge in [-0.3, -0.25) is 4.79 Å². The Hall–Kier alpha value is -1.65. The number of rotatable bonds is 6. The Bertz CT molecular complexity index is 569. The van der Waals surface area contributed by atoms with Gasteiger partial charge in [-0.2, -0.15) is 0 Å². The molecule has 0 bridgehead atoms. The van der Waals surface area contributed by atoms with E-state index in [4.69, 9.17) is 5.73 Å². The van der Waals surface area contributed by atoms with E-state index in [-0.39, 0.29) is 11.9 Å². The van der Waals surface area contributed by atoms with Crippen LogP contribution in [0.25, 0.3) is 0 Å². The van der Waals surface area contributed by atoms with E-state index in [1.54, 1.807) is 0 Å². The summed E-state index contributed by atoms with van der Waals surface area (Å²) in [6, 6.07) is 17.7. The molecule has 21 heavy (non-hydrogen) atoms. The number of carbonyl (C=O) groups excluding carboxylic acids is 1. The molecule has 2 rings (SSSR count). The van der Waals surface area contributed by atoms with Crippen molar-refractivity contribution >= 4 is 21.8 Å². The van der Waals surface area contributed by atoms with Crippen LogP contribution in [0.4, 0.5) is 0 Å². The monoisotopic (exact) mass is 346 g/mol. The van der Waals surface area contributed by atoms with Crippen LogP contribution in [0, 0.1) is 0 Å². The number of nitrogens with one attached hydrogen (secondary N) is 1. The fourth-order valence-electron chi connectivity index (χ4n) is 2.08. The number of hydrogen-bond donors (Lipinski definition) is 2. The first-order valence-corrected chi connectivity index (χ1v) is 7.76. The number of hydrogen-bond acceptors (Lipinski definition) is 2. The average Bonchev–Trinajstić information content (AvgIpc) is 2.50. The lowest BCUT2D eigenvalue weighted by molar-refractivity contribution is -0.120. The third-order valence-corrected chi connectivity index (χ3v) is 3.81. The van der Waals surface area contributed by atoms with E-state index in [0.29, 0.717) is 13.0 Å². The van der Waals surface area contributed by atoms with Crippen LogP contribution in [-0.2, 0) is 11.2 Å². The van der Waals surface area contributed by atoms with Gasteiger partial charge in [0, 0.05) is 17.1 Å². The van der Waals surface area contributed by atoms with Gasteiger partial charge in [-0.25, -0.2) is 0 Å². The zero-order chi connectivity index (χ0) is 15.1. The molecule has 1 unspecified atom stereocenters. The van der Waals surface area contributed by atoms with Crippen LogP contribution in [0.15, 0.2) is 59.1 Å². The number of carbonyl (C=O) groups is 1. The SMILES string of the molecule is NC(CCNC(=O)Cc1ccc(Br)cc1)c1ccccc1. The summed E-state index contributed by atoms with van der Waals surface area (Å²) in [5.74, 6) is 0.0255. The fourth-order valence-corrected chi connectivity index (χ4v) is 2.35. The first-order valence-electron chi connectivity index (χ1n) is 6.97. The van der Waals surface area contributed by atoms with Gasteiger partial charge in [0.1, 0.15) is 0 Å². The third kappa shape index (κ3) is 5.33. The highest BCUT2D eigenvalue weighted by atomic mass is 79.9. The first-order chi connectivity index (χ1) is 10.1. The lowest BCUT2D eigenvalue weighted by Gasteiger charge is -2.12. The van der Waals surface area contributed by atoms with Crippen molar-refractivity contribution in [3.8, 4) is 0 Å². The van der Waals surface area contributed by atoms with Crippen molar-refractivity contribution < 1.29 is 4.79 Å². The van der Waals surface area contributed by atoms with Gasteiger partial charge in [0.2, 0.25) is 5.91 Å². The van der Waals surface area contributed by atoms with Gasteiger partial charge in [-0.15, -0.1) is 0 Å². The van der Waals surface area contributed by atoms with Crippen LogP contribution in [0.5, 0.6) is 0 Å². The van der Waals surface area contributed by atoms with Crippen LogP contribution in [0.2, 0.25) is 0 Å². The quantitative estimate of drug-likeness (QED) is 0.843. The maximum absolute atomic E-state index is 11.9. The van der Waals surface area contributed by atoms with E-state index >= 15 is 0 Å². The van der Waals surface area contributed by atoms with Crippen molar-refractivity contribution in [2.24, 2.45) is 5.73 Å². The van der Waals surface area contributed by atoms with Crippen LogP contribution >= 0.6 is 15.9 Å². The van der Waals surface area contributed by atoms with E-state index < -0.39 is 0 Å². The molecule has 2 aromatic rings. The summed E-state index contributed by atoms with van der Waals surface area (Å²) < 4.78 is 1.01. The molecular weight excluding hydrogens is 328 g/mol. The van der Waals surface area contributed by atoms with E-state index in [0.717, 1.165) is 22.0 Å². The molecule has 3 N–H and O–H groups in total. The van der Waals surface area contributed by atoms with Gasteiger partial charge >= 0.3 is 0 Å². The maximum Gasteiger partial charge on any atom is 0.224 e. The first kappa shape index (κ1) is 15.7. The minimum atomic E-state index is -0.0424. The Kier molecular flexibility index (Phi) is 5.96.